The van der Waals surface area contributed by atoms with Crippen molar-refractivity contribution in [2.75, 3.05) is 6.61 Å². The average Bonchev–Trinajstić information content (AvgIpc) is 2.65. The first kappa shape index (κ1) is 42.9. The van der Waals surface area contributed by atoms with Crippen LogP contribution in [-0.2, 0) is 19.1 Å². The molecule has 4 bridgehead atoms. The third kappa shape index (κ3) is 12.0. The van der Waals surface area contributed by atoms with E-state index in [1.165, 1.54) is 19.3 Å². The molecule has 4 aliphatic carbocycles. The van der Waals surface area contributed by atoms with Gasteiger partial charge in [0.05, 0.1) is 17.4 Å². The second-order valence-electron chi connectivity index (χ2n) is 11.9. The number of halogens is 2. The molecule has 0 aromatic rings. The Hall–Kier alpha value is -1.20. The van der Waals surface area contributed by atoms with Crippen molar-refractivity contribution in [3.8, 4) is 0 Å². The molecule has 4 rings (SSSR count). The van der Waals surface area contributed by atoms with E-state index in [2.05, 4.69) is 6.92 Å². The zero-order chi connectivity index (χ0) is 24.4. The maximum atomic E-state index is 12.4. The van der Waals surface area contributed by atoms with E-state index in [0.717, 1.165) is 50.4 Å². The summed E-state index contributed by atoms with van der Waals surface area (Å²) in [6.07, 6.45) is 8.70. The van der Waals surface area contributed by atoms with E-state index in [1.807, 2.05) is 20.8 Å². The third-order valence-electron chi connectivity index (χ3n) is 7.94. The van der Waals surface area contributed by atoms with Gasteiger partial charge in [-0.05, 0) is 104 Å². The quantitative estimate of drug-likeness (QED) is 0.288. The summed E-state index contributed by atoms with van der Waals surface area (Å²) in [5.74, 6) is -0.621. The Morgan fingerprint density at radius 2 is 1.08 bits per heavy atom. The standard InChI is InChI=1S/C16H26O2.C10H18F2O2.5CH4/c1-4-15(2,3)14(17)18-16-8-11-5-12(9-16)7-13(6-11)10-16;1-5-9(2,3)8(13)14-7-6-10(4,11)12;;;;;/h11-13H,4-10H2,1-3H3;5-7H2,1-4H3;5*1H4. The first-order valence-corrected chi connectivity index (χ1v) is 12.4. The molecule has 0 aromatic carbocycles. The van der Waals surface area contributed by atoms with Crippen LogP contribution in [0.15, 0.2) is 0 Å². The summed E-state index contributed by atoms with van der Waals surface area (Å²) in [6.45, 7) is 12.0. The van der Waals surface area contributed by atoms with Gasteiger partial charge in [0.2, 0.25) is 5.92 Å². The molecular formula is C31H64F2O4. The second kappa shape index (κ2) is 16.0. The van der Waals surface area contributed by atoms with Crippen LogP contribution in [0.3, 0.4) is 0 Å². The molecule has 0 unspecified atom stereocenters. The highest BCUT2D eigenvalue weighted by atomic mass is 19.3. The van der Waals surface area contributed by atoms with Crippen LogP contribution >= 0.6 is 0 Å². The van der Waals surface area contributed by atoms with E-state index >= 15 is 0 Å². The molecule has 4 aliphatic rings. The predicted molar refractivity (Wildman–Crippen MR) is 155 cm³/mol. The van der Waals surface area contributed by atoms with Gasteiger partial charge in [-0.2, -0.15) is 0 Å². The summed E-state index contributed by atoms with van der Waals surface area (Å²) in [7, 11) is 0. The highest BCUT2D eigenvalue weighted by molar-refractivity contribution is 5.76. The van der Waals surface area contributed by atoms with Crippen LogP contribution in [0.4, 0.5) is 8.78 Å². The van der Waals surface area contributed by atoms with E-state index in [-0.39, 0.29) is 60.7 Å². The lowest BCUT2D eigenvalue weighted by Crippen LogP contribution is -2.53. The van der Waals surface area contributed by atoms with Crippen LogP contribution in [0.1, 0.15) is 143 Å². The van der Waals surface area contributed by atoms with Gasteiger partial charge in [-0.3, -0.25) is 9.59 Å². The van der Waals surface area contributed by atoms with Crippen molar-refractivity contribution >= 4 is 11.9 Å². The van der Waals surface area contributed by atoms with Crippen molar-refractivity contribution in [1.82, 2.24) is 0 Å². The molecule has 0 aliphatic heterocycles. The Morgan fingerprint density at radius 3 is 1.41 bits per heavy atom. The molecule has 0 aromatic heterocycles. The summed E-state index contributed by atoms with van der Waals surface area (Å²) >= 11 is 0. The Morgan fingerprint density at radius 1 is 0.730 bits per heavy atom. The number of carbonyl (C=O) groups excluding carboxylic acids is 2. The minimum atomic E-state index is -2.77. The van der Waals surface area contributed by atoms with Crippen LogP contribution in [-0.4, -0.2) is 30.1 Å². The van der Waals surface area contributed by atoms with Gasteiger partial charge in [0, 0.05) is 6.42 Å². The van der Waals surface area contributed by atoms with Crippen LogP contribution in [0.2, 0.25) is 0 Å². The Kier molecular flexibility index (Phi) is 18.6. The first-order valence-electron chi connectivity index (χ1n) is 12.4. The van der Waals surface area contributed by atoms with Gasteiger partial charge in [-0.15, -0.1) is 0 Å². The SMILES string of the molecule is C.C.C.C.C.CCC(C)(C)C(=O)OC12CC3CC(CC(C3)C1)C2.CCC(C)(C)C(=O)OCCC(C)(F)F. The summed E-state index contributed by atoms with van der Waals surface area (Å²) < 4.78 is 35.5. The number of alkyl halides is 2. The second-order valence-corrected chi connectivity index (χ2v) is 11.9. The molecule has 0 N–H and O–H groups in total. The fourth-order valence-corrected chi connectivity index (χ4v) is 5.30. The molecule has 4 fully saturated rings. The summed E-state index contributed by atoms with van der Waals surface area (Å²) in [6, 6.07) is 0. The van der Waals surface area contributed by atoms with Crippen LogP contribution in [0, 0.1) is 28.6 Å². The molecule has 0 amide bonds. The van der Waals surface area contributed by atoms with Gasteiger partial charge in [0.15, 0.2) is 0 Å². The number of esters is 2. The van der Waals surface area contributed by atoms with Crippen molar-refractivity contribution in [3.05, 3.63) is 0 Å². The molecule has 0 radical (unpaired) electrons. The highest BCUT2D eigenvalue weighted by Crippen LogP contribution is 2.57. The molecule has 0 spiro atoms. The maximum absolute atomic E-state index is 12.4. The van der Waals surface area contributed by atoms with Gasteiger partial charge < -0.3 is 9.47 Å². The van der Waals surface area contributed by atoms with Crippen molar-refractivity contribution < 1.29 is 27.8 Å². The molecule has 0 saturated heterocycles. The minimum absolute atomic E-state index is 0. The number of ether oxygens (including phenoxy) is 2. The topological polar surface area (TPSA) is 52.6 Å². The largest absolute Gasteiger partial charge is 0.465 e. The number of carbonyl (C=O) groups is 2. The average molecular weight is 539 g/mol. The number of hydrogen-bond donors (Lipinski definition) is 0. The predicted octanol–water partition coefficient (Wildman–Crippen LogP) is 10.1. The lowest BCUT2D eigenvalue weighted by atomic mass is 9.54. The molecule has 226 valence electrons. The van der Waals surface area contributed by atoms with E-state index in [4.69, 9.17) is 9.47 Å². The number of hydrogen-bond acceptors (Lipinski definition) is 4. The van der Waals surface area contributed by atoms with Crippen molar-refractivity contribution in [1.29, 1.82) is 0 Å². The fourth-order valence-electron chi connectivity index (χ4n) is 5.30. The summed E-state index contributed by atoms with van der Waals surface area (Å²) in [5, 5.41) is 0. The van der Waals surface area contributed by atoms with Gasteiger partial charge in [-0.25, -0.2) is 8.78 Å². The lowest BCUT2D eigenvalue weighted by Gasteiger charge is -2.56. The molecule has 37 heavy (non-hydrogen) atoms. The van der Waals surface area contributed by atoms with E-state index in [0.29, 0.717) is 6.42 Å². The molecule has 0 atom stereocenters. The fraction of sp³-hybridized carbons (Fsp3) is 0.935. The summed E-state index contributed by atoms with van der Waals surface area (Å²) in [5.41, 5.74) is -0.968. The van der Waals surface area contributed by atoms with Gasteiger partial charge >= 0.3 is 11.9 Å². The first-order chi connectivity index (χ1) is 14.6. The zero-order valence-corrected chi connectivity index (χ0v) is 21.2. The van der Waals surface area contributed by atoms with Gasteiger partial charge in [-0.1, -0.05) is 51.0 Å². The van der Waals surface area contributed by atoms with Gasteiger partial charge in [0.1, 0.15) is 5.60 Å². The van der Waals surface area contributed by atoms with E-state index < -0.39 is 23.7 Å². The Bertz CT molecular complexity index is 629. The molecule has 0 heterocycles. The monoisotopic (exact) mass is 538 g/mol. The number of rotatable bonds is 8. The maximum Gasteiger partial charge on any atom is 0.312 e. The molecule has 6 heteroatoms. The van der Waals surface area contributed by atoms with Gasteiger partial charge in [0.25, 0.3) is 0 Å². The van der Waals surface area contributed by atoms with Crippen molar-refractivity contribution in [2.24, 2.45) is 28.6 Å². The zero-order valence-electron chi connectivity index (χ0n) is 21.2. The van der Waals surface area contributed by atoms with Crippen LogP contribution in [0.25, 0.3) is 0 Å². The summed E-state index contributed by atoms with van der Waals surface area (Å²) in [4.78, 5) is 23.7. The molecule has 4 saturated carbocycles. The highest BCUT2D eigenvalue weighted by Gasteiger charge is 2.53. The molecule has 4 nitrogen and oxygen atoms in total. The Balaban J connectivity index is -0.000000267. The van der Waals surface area contributed by atoms with Crippen molar-refractivity contribution in [2.45, 2.75) is 155 Å². The van der Waals surface area contributed by atoms with Crippen LogP contribution in [0.5, 0.6) is 0 Å². The van der Waals surface area contributed by atoms with E-state index in [1.54, 1.807) is 13.8 Å². The molecular weight excluding hydrogens is 474 g/mol. The smallest absolute Gasteiger partial charge is 0.312 e. The lowest BCUT2D eigenvalue weighted by molar-refractivity contribution is -0.196. The van der Waals surface area contributed by atoms with Crippen LogP contribution < -0.4 is 0 Å². The third-order valence-corrected chi connectivity index (χ3v) is 7.94. The normalized spacial score (nSPS) is 25.3. The van der Waals surface area contributed by atoms with Crippen molar-refractivity contribution in [3.63, 3.8) is 0 Å². The Labute approximate surface area is 230 Å². The minimum Gasteiger partial charge on any atom is -0.465 e. The van der Waals surface area contributed by atoms with E-state index in [9.17, 15) is 18.4 Å².